The number of ether oxygens (including phenoxy) is 2. The topological polar surface area (TPSA) is 38.7 Å². The number of halogens is 3. The van der Waals surface area contributed by atoms with Crippen LogP contribution in [0, 0.1) is 0 Å². The van der Waals surface area contributed by atoms with E-state index in [1.807, 2.05) is 0 Å². The lowest BCUT2D eigenvalue weighted by molar-refractivity contribution is -0.275. The molecule has 0 aromatic heterocycles. The van der Waals surface area contributed by atoms with Crippen LogP contribution in [0.4, 0.5) is 13.2 Å². The maximum atomic E-state index is 12.1. The summed E-state index contributed by atoms with van der Waals surface area (Å²) in [4.78, 5) is 0. The second kappa shape index (κ2) is 4.44. The van der Waals surface area contributed by atoms with Crippen molar-refractivity contribution in [2.24, 2.45) is 0 Å². The Kier molecular flexibility index (Phi) is 3.15. The van der Waals surface area contributed by atoms with Gasteiger partial charge >= 0.3 is 6.36 Å². The largest absolute Gasteiger partial charge is 0.573 e. The van der Waals surface area contributed by atoms with E-state index in [-0.39, 0.29) is 17.6 Å². The molecule has 94 valence electrons. The van der Waals surface area contributed by atoms with Crippen molar-refractivity contribution in [1.29, 1.82) is 0 Å². The Morgan fingerprint density at radius 2 is 1.71 bits per heavy atom. The summed E-state index contributed by atoms with van der Waals surface area (Å²) < 4.78 is 45.5. The van der Waals surface area contributed by atoms with Crippen LogP contribution in [0.25, 0.3) is 0 Å². The minimum atomic E-state index is -4.74. The number of para-hydroxylation sites is 2. The van der Waals surface area contributed by atoms with Gasteiger partial charge in [0.25, 0.3) is 0 Å². The molecule has 1 aromatic carbocycles. The molecule has 1 aliphatic rings. The minimum absolute atomic E-state index is 0.0433. The lowest BCUT2D eigenvalue weighted by Gasteiger charge is -2.32. The average Bonchev–Trinajstić information content (AvgIpc) is 2.16. The number of hydrogen-bond acceptors (Lipinski definition) is 3. The van der Waals surface area contributed by atoms with Gasteiger partial charge in [0.15, 0.2) is 11.5 Å². The molecule has 2 rings (SSSR count). The second-order valence-corrected chi connectivity index (χ2v) is 3.86. The highest BCUT2D eigenvalue weighted by atomic mass is 19.4. The molecule has 1 aromatic rings. The summed E-state index contributed by atoms with van der Waals surface area (Å²) in [6.45, 7) is 0. The van der Waals surface area contributed by atoms with Crippen molar-refractivity contribution in [3.8, 4) is 11.5 Å². The Balaban J connectivity index is 2.05. The molecular formula is C11H11F3O3. The van der Waals surface area contributed by atoms with Gasteiger partial charge in [-0.05, 0) is 12.1 Å². The molecule has 1 saturated carbocycles. The molecule has 0 spiro atoms. The zero-order chi connectivity index (χ0) is 12.5. The van der Waals surface area contributed by atoms with Crippen LogP contribution in [-0.4, -0.2) is 23.7 Å². The standard InChI is InChI=1S/C11H11F3O3/c12-11(13,14)17-10-4-2-1-3-9(10)16-8-5-7(15)6-8/h1-4,7-8,15H,5-6H2. The molecule has 0 bridgehead atoms. The molecule has 0 saturated heterocycles. The molecule has 0 amide bonds. The van der Waals surface area contributed by atoms with Crippen molar-refractivity contribution in [2.75, 3.05) is 0 Å². The zero-order valence-electron chi connectivity index (χ0n) is 8.78. The fraction of sp³-hybridized carbons (Fsp3) is 0.455. The summed E-state index contributed by atoms with van der Waals surface area (Å²) >= 11 is 0. The van der Waals surface area contributed by atoms with Gasteiger partial charge in [-0.3, -0.25) is 0 Å². The third kappa shape index (κ3) is 3.26. The summed E-state index contributed by atoms with van der Waals surface area (Å²) in [5, 5.41) is 9.06. The van der Waals surface area contributed by atoms with Gasteiger partial charge in [-0.15, -0.1) is 13.2 Å². The van der Waals surface area contributed by atoms with E-state index >= 15 is 0 Å². The van der Waals surface area contributed by atoms with Crippen LogP contribution in [0.1, 0.15) is 12.8 Å². The van der Waals surface area contributed by atoms with Crippen molar-refractivity contribution in [3.63, 3.8) is 0 Å². The molecule has 0 radical (unpaired) electrons. The molecule has 0 aliphatic heterocycles. The molecule has 0 heterocycles. The SMILES string of the molecule is OC1CC(Oc2ccccc2OC(F)(F)F)C1. The predicted octanol–water partition coefficient (Wildman–Crippen LogP) is 2.49. The predicted molar refractivity (Wildman–Crippen MR) is 52.8 cm³/mol. The van der Waals surface area contributed by atoms with Gasteiger partial charge in [0.1, 0.15) is 6.10 Å². The molecule has 1 aliphatic carbocycles. The zero-order valence-corrected chi connectivity index (χ0v) is 8.78. The normalized spacial score (nSPS) is 24.0. The first kappa shape index (κ1) is 12.0. The fourth-order valence-electron chi connectivity index (χ4n) is 1.57. The van der Waals surface area contributed by atoms with Crippen LogP contribution in [0.15, 0.2) is 24.3 Å². The van der Waals surface area contributed by atoms with Crippen LogP contribution in [0.2, 0.25) is 0 Å². The Labute approximate surface area is 95.8 Å². The van der Waals surface area contributed by atoms with Crippen molar-refractivity contribution >= 4 is 0 Å². The number of aliphatic hydroxyl groups is 1. The van der Waals surface area contributed by atoms with Gasteiger partial charge in [-0.25, -0.2) is 0 Å². The van der Waals surface area contributed by atoms with E-state index in [9.17, 15) is 13.2 Å². The Hall–Kier alpha value is -1.43. The first-order chi connectivity index (χ1) is 7.94. The van der Waals surface area contributed by atoms with E-state index in [4.69, 9.17) is 9.84 Å². The first-order valence-electron chi connectivity index (χ1n) is 5.13. The summed E-state index contributed by atoms with van der Waals surface area (Å²) in [6, 6.07) is 5.60. The second-order valence-electron chi connectivity index (χ2n) is 3.86. The molecule has 6 heteroatoms. The summed E-state index contributed by atoms with van der Waals surface area (Å²) in [7, 11) is 0. The minimum Gasteiger partial charge on any atom is -0.486 e. The first-order valence-corrected chi connectivity index (χ1v) is 5.13. The maximum absolute atomic E-state index is 12.1. The van der Waals surface area contributed by atoms with Crippen molar-refractivity contribution in [3.05, 3.63) is 24.3 Å². The number of hydrogen-bond donors (Lipinski definition) is 1. The van der Waals surface area contributed by atoms with Crippen molar-refractivity contribution in [1.82, 2.24) is 0 Å². The molecule has 1 fully saturated rings. The van der Waals surface area contributed by atoms with Crippen LogP contribution < -0.4 is 9.47 Å². The van der Waals surface area contributed by atoms with Gasteiger partial charge < -0.3 is 14.6 Å². The monoisotopic (exact) mass is 248 g/mol. The summed E-state index contributed by atoms with van der Waals surface area (Å²) in [6.07, 6.45) is -4.54. The molecule has 17 heavy (non-hydrogen) atoms. The highest BCUT2D eigenvalue weighted by Gasteiger charge is 2.34. The molecular weight excluding hydrogens is 237 g/mol. The lowest BCUT2D eigenvalue weighted by Crippen LogP contribution is -2.37. The quantitative estimate of drug-likeness (QED) is 0.893. The van der Waals surface area contributed by atoms with E-state index in [1.54, 1.807) is 6.07 Å². The fourth-order valence-corrected chi connectivity index (χ4v) is 1.57. The average molecular weight is 248 g/mol. The van der Waals surface area contributed by atoms with E-state index in [0.29, 0.717) is 12.8 Å². The third-order valence-electron chi connectivity index (χ3n) is 2.44. The molecule has 0 unspecified atom stereocenters. The van der Waals surface area contributed by atoms with Crippen LogP contribution in [-0.2, 0) is 0 Å². The Morgan fingerprint density at radius 3 is 2.24 bits per heavy atom. The van der Waals surface area contributed by atoms with Crippen LogP contribution >= 0.6 is 0 Å². The van der Waals surface area contributed by atoms with Crippen molar-refractivity contribution in [2.45, 2.75) is 31.4 Å². The summed E-state index contributed by atoms with van der Waals surface area (Å²) in [5.74, 6) is -0.317. The number of rotatable bonds is 3. The Bertz CT molecular complexity index is 386. The number of benzene rings is 1. The molecule has 1 N–H and O–H groups in total. The van der Waals surface area contributed by atoms with Gasteiger partial charge in [-0.2, -0.15) is 0 Å². The van der Waals surface area contributed by atoms with Crippen LogP contribution in [0.5, 0.6) is 11.5 Å². The van der Waals surface area contributed by atoms with E-state index in [1.165, 1.54) is 18.2 Å². The van der Waals surface area contributed by atoms with E-state index in [0.717, 1.165) is 0 Å². The van der Waals surface area contributed by atoms with Gasteiger partial charge in [0.05, 0.1) is 6.10 Å². The Morgan fingerprint density at radius 1 is 1.12 bits per heavy atom. The van der Waals surface area contributed by atoms with Gasteiger partial charge in [0, 0.05) is 12.8 Å². The van der Waals surface area contributed by atoms with Gasteiger partial charge in [-0.1, -0.05) is 12.1 Å². The van der Waals surface area contributed by atoms with Crippen LogP contribution in [0.3, 0.4) is 0 Å². The summed E-state index contributed by atoms with van der Waals surface area (Å²) in [5.41, 5.74) is 0. The lowest BCUT2D eigenvalue weighted by atomic mass is 9.92. The highest BCUT2D eigenvalue weighted by molar-refractivity contribution is 5.39. The third-order valence-corrected chi connectivity index (χ3v) is 2.44. The molecule has 3 nitrogen and oxygen atoms in total. The maximum Gasteiger partial charge on any atom is 0.573 e. The van der Waals surface area contributed by atoms with Crippen molar-refractivity contribution < 1.29 is 27.8 Å². The number of aliphatic hydroxyl groups excluding tert-OH is 1. The van der Waals surface area contributed by atoms with Gasteiger partial charge in [0.2, 0.25) is 0 Å². The highest BCUT2D eigenvalue weighted by Crippen LogP contribution is 2.35. The van der Waals surface area contributed by atoms with E-state index < -0.39 is 12.5 Å². The molecule has 0 atom stereocenters. The van der Waals surface area contributed by atoms with E-state index in [2.05, 4.69) is 4.74 Å². The number of alkyl halides is 3. The smallest absolute Gasteiger partial charge is 0.486 e.